The van der Waals surface area contributed by atoms with Crippen LogP contribution in [-0.2, 0) is 6.42 Å². The smallest absolute Gasteiger partial charge is 0.119 e. The molecule has 1 aliphatic rings. The number of aromatic hydroxyl groups is 1. The zero-order chi connectivity index (χ0) is 8.55. The maximum atomic E-state index is 9.52. The average molecular weight is 164 g/mol. The first kappa shape index (κ1) is 7.62. The normalized spacial score (nSPS) is 20.9. The standard InChI is InChI=1S/C10H12O2/c11-6-8-5-4-7-2-1-3-9(12)10(7)8/h1-3,8,11-12H,4-6H2. The maximum Gasteiger partial charge on any atom is 0.119 e. The Hall–Kier alpha value is -1.02. The Kier molecular flexibility index (Phi) is 1.77. The zero-order valence-electron chi connectivity index (χ0n) is 6.83. The lowest BCUT2D eigenvalue weighted by atomic mass is 10.0. The molecule has 1 aromatic carbocycles. The molecule has 2 N–H and O–H groups in total. The minimum absolute atomic E-state index is 0.143. The monoisotopic (exact) mass is 164 g/mol. The first-order valence-corrected chi connectivity index (χ1v) is 4.24. The van der Waals surface area contributed by atoms with Gasteiger partial charge in [0.2, 0.25) is 0 Å². The molecule has 0 radical (unpaired) electrons. The van der Waals surface area contributed by atoms with E-state index in [1.54, 1.807) is 6.07 Å². The highest BCUT2D eigenvalue weighted by molar-refractivity contribution is 5.45. The van der Waals surface area contributed by atoms with Gasteiger partial charge in [0, 0.05) is 11.5 Å². The molecular formula is C10H12O2. The van der Waals surface area contributed by atoms with Crippen molar-refractivity contribution in [2.24, 2.45) is 0 Å². The largest absolute Gasteiger partial charge is 0.508 e. The van der Waals surface area contributed by atoms with Crippen molar-refractivity contribution < 1.29 is 10.2 Å². The van der Waals surface area contributed by atoms with Gasteiger partial charge in [-0.05, 0) is 24.5 Å². The second-order valence-corrected chi connectivity index (χ2v) is 3.27. The Bertz CT molecular complexity index is 294. The van der Waals surface area contributed by atoms with Crippen LogP contribution in [0.4, 0.5) is 0 Å². The third kappa shape index (κ3) is 0.994. The quantitative estimate of drug-likeness (QED) is 0.659. The van der Waals surface area contributed by atoms with E-state index in [1.807, 2.05) is 12.1 Å². The molecule has 0 bridgehead atoms. The summed E-state index contributed by atoms with van der Waals surface area (Å²) in [4.78, 5) is 0. The van der Waals surface area contributed by atoms with Gasteiger partial charge in [-0.25, -0.2) is 0 Å². The van der Waals surface area contributed by atoms with Gasteiger partial charge in [-0.1, -0.05) is 12.1 Å². The Morgan fingerprint density at radius 2 is 2.25 bits per heavy atom. The van der Waals surface area contributed by atoms with Crippen LogP contribution in [0.1, 0.15) is 23.5 Å². The van der Waals surface area contributed by atoms with Crippen LogP contribution in [0.3, 0.4) is 0 Å². The molecule has 1 unspecified atom stereocenters. The van der Waals surface area contributed by atoms with Crippen LogP contribution >= 0.6 is 0 Å². The summed E-state index contributed by atoms with van der Waals surface area (Å²) in [6.45, 7) is 0.143. The molecule has 2 heteroatoms. The third-order valence-electron chi connectivity index (χ3n) is 2.56. The van der Waals surface area contributed by atoms with Crippen LogP contribution in [0.2, 0.25) is 0 Å². The molecule has 1 aromatic rings. The second kappa shape index (κ2) is 2.79. The summed E-state index contributed by atoms with van der Waals surface area (Å²) >= 11 is 0. The molecule has 64 valence electrons. The molecule has 0 heterocycles. The maximum absolute atomic E-state index is 9.52. The summed E-state index contributed by atoms with van der Waals surface area (Å²) in [6.07, 6.45) is 1.94. The molecule has 0 amide bonds. The predicted octanol–water partition coefficient (Wildman–Crippen LogP) is 1.41. The number of benzene rings is 1. The minimum Gasteiger partial charge on any atom is -0.508 e. The third-order valence-corrected chi connectivity index (χ3v) is 2.56. The molecule has 0 saturated carbocycles. The molecule has 0 aromatic heterocycles. The van der Waals surface area contributed by atoms with Crippen molar-refractivity contribution in [1.82, 2.24) is 0 Å². The molecule has 2 nitrogen and oxygen atoms in total. The van der Waals surface area contributed by atoms with E-state index in [4.69, 9.17) is 5.11 Å². The highest BCUT2D eigenvalue weighted by atomic mass is 16.3. The van der Waals surface area contributed by atoms with Crippen molar-refractivity contribution in [2.45, 2.75) is 18.8 Å². The number of aliphatic hydroxyl groups excluding tert-OH is 1. The summed E-state index contributed by atoms with van der Waals surface area (Å²) in [6, 6.07) is 5.56. The van der Waals surface area contributed by atoms with Gasteiger partial charge < -0.3 is 10.2 Å². The SMILES string of the molecule is OCC1CCc2cccc(O)c21. The van der Waals surface area contributed by atoms with Crippen molar-refractivity contribution in [3.8, 4) is 5.75 Å². The molecular weight excluding hydrogens is 152 g/mol. The van der Waals surface area contributed by atoms with Crippen LogP contribution in [0.5, 0.6) is 5.75 Å². The van der Waals surface area contributed by atoms with E-state index in [0.717, 1.165) is 18.4 Å². The number of aryl methyl sites for hydroxylation is 1. The van der Waals surface area contributed by atoms with Gasteiger partial charge in [0.15, 0.2) is 0 Å². The average Bonchev–Trinajstić information content (AvgIpc) is 2.49. The molecule has 0 aliphatic heterocycles. The summed E-state index contributed by atoms with van der Waals surface area (Å²) in [7, 11) is 0. The molecule has 12 heavy (non-hydrogen) atoms. The van der Waals surface area contributed by atoms with E-state index >= 15 is 0 Å². The summed E-state index contributed by atoms with van der Waals surface area (Å²) in [5, 5.41) is 18.5. The van der Waals surface area contributed by atoms with Gasteiger partial charge >= 0.3 is 0 Å². The fraction of sp³-hybridized carbons (Fsp3) is 0.400. The van der Waals surface area contributed by atoms with E-state index in [1.165, 1.54) is 5.56 Å². The Balaban J connectivity index is 2.48. The van der Waals surface area contributed by atoms with Gasteiger partial charge in [0.25, 0.3) is 0 Å². The first-order valence-electron chi connectivity index (χ1n) is 4.24. The van der Waals surface area contributed by atoms with Gasteiger partial charge in [-0.15, -0.1) is 0 Å². The number of fused-ring (bicyclic) bond motifs is 1. The van der Waals surface area contributed by atoms with Gasteiger partial charge in [0.05, 0.1) is 6.61 Å². The number of aliphatic hydroxyl groups is 1. The lowest BCUT2D eigenvalue weighted by Crippen LogP contribution is -1.98. The number of phenols is 1. The highest BCUT2D eigenvalue weighted by Gasteiger charge is 2.24. The molecule has 0 spiro atoms. The number of phenolic OH excluding ortho intramolecular Hbond substituents is 1. The van der Waals surface area contributed by atoms with Crippen LogP contribution in [0.15, 0.2) is 18.2 Å². The van der Waals surface area contributed by atoms with Gasteiger partial charge in [0.1, 0.15) is 5.75 Å². The van der Waals surface area contributed by atoms with E-state index in [-0.39, 0.29) is 12.5 Å². The van der Waals surface area contributed by atoms with E-state index < -0.39 is 0 Å². The first-order chi connectivity index (χ1) is 5.83. The van der Waals surface area contributed by atoms with Crippen LogP contribution in [0, 0.1) is 0 Å². The summed E-state index contributed by atoms with van der Waals surface area (Å²) in [5.41, 5.74) is 2.15. The Morgan fingerprint density at radius 1 is 1.42 bits per heavy atom. The van der Waals surface area contributed by atoms with E-state index in [0.29, 0.717) is 5.75 Å². The van der Waals surface area contributed by atoms with Gasteiger partial charge in [-0.2, -0.15) is 0 Å². The molecule has 0 fully saturated rings. The molecule has 1 aliphatic carbocycles. The van der Waals surface area contributed by atoms with E-state index in [2.05, 4.69) is 0 Å². The Labute approximate surface area is 71.5 Å². The highest BCUT2D eigenvalue weighted by Crippen LogP contribution is 2.38. The number of hydrogen-bond acceptors (Lipinski definition) is 2. The van der Waals surface area contributed by atoms with Crippen LogP contribution in [-0.4, -0.2) is 16.8 Å². The summed E-state index contributed by atoms with van der Waals surface area (Å²) < 4.78 is 0. The van der Waals surface area contributed by atoms with Gasteiger partial charge in [-0.3, -0.25) is 0 Å². The minimum atomic E-state index is 0.143. The Morgan fingerprint density at radius 3 is 3.00 bits per heavy atom. The van der Waals surface area contributed by atoms with Crippen molar-refractivity contribution in [2.75, 3.05) is 6.61 Å². The number of hydrogen-bond donors (Lipinski definition) is 2. The zero-order valence-corrected chi connectivity index (χ0v) is 6.83. The molecule has 1 atom stereocenters. The lowest BCUT2D eigenvalue weighted by Gasteiger charge is -2.08. The molecule has 2 rings (SSSR count). The van der Waals surface area contributed by atoms with Crippen LogP contribution in [0.25, 0.3) is 0 Å². The van der Waals surface area contributed by atoms with Crippen molar-refractivity contribution in [3.63, 3.8) is 0 Å². The topological polar surface area (TPSA) is 40.5 Å². The number of rotatable bonds is 1. The predicted molar refractivity (Wildman–Crippen MR) is 46.3 cm³/mol. The fourth-order valence-electron chi connectivity index (χ4n) is 1.95. The van der Waals surface area contributed by atoms with E-state index in [9.17, 15) is 5.11 Å². The van der Waals surface area contributed by atoms with Crippen molar-refractivity contribution >= 4 is 0 Å². The van der Waals surface area contributed by atoms with Crippen molar-refractivity contribution in [3.05, 3.63) is 29.3 Å². The summed E-state index contributed by atoms with van der Waals surface area (Å²) in [5.74, 6) is 0.491. The second-order valence-electron chi connectivity index (χ2n) is 3.27. The molecule has 0 saturated heterocycles. The van der Waals surface area contributed by atoms with Crippen molar-refractivity contribution in [1.29, 1.82) is 0 Å². The fourth-order valence-corrected chi connectivity index (χ4v) is 1.95. The van der Waals surface area contributed by atoms with Crippen LogP contribution < -0.4 is 0 Å². The lowest BCUT2D eigenvalue weighted by molar-refractivity contribution is 0.262.